The van der Waals surface area contributed by atoms with E-state index in [9.17, 15) is 4.39 Å². The van der Waals surface area contributed by atoms with Gasteiger partial charge in [-0.05, 0) is 19.1 Å². The number of hydrogen-bond donors (Lipinski definition) is 0. The molecule has 0 radical (unpaired) electrons. The Morgan fingerprint density at radius 2 is 2.27 bits per heavy atom. The second-order valence-electron chi connectivity index (χ2n) is 3.34. The fourth-order valence-electron chi connectivity index (χ4n) is 1.40. The fourth-order valence-corrected chi connectivity index (χ4v) is 1.74. The molecular weight excluding hydrogens is 259 g/mol. The zero-order chi connectivity index (χ0) is 10.8. The third kappa shape index (κ3) is 2.26. The van der Waals surface area contributed by atoms with Gasteiger partial charge in [0.15, 0.2) is 0 Å². The molecule has 1 heterocycles. The molecule has 78 valence electrons. The lowest BCUT2D eigenvalue weighted by Crippen LogP contribution is -2.02. The standard InChI is InChI=1S/C11H10BrFN2/c1-8-14-4-5-15(8)7-9-2-3-10(12)6-11(9)13/h2-6H,7H2,1H3. The molecule has 2 nitrogen and oxygen atoms in total. The molecule has 0 saturated carbocycles. The molecule has 1 aromatic carbocycles. The van der Waals surface area contributed by atoms with Gasteiger partial charge in [-0.1, -0.05) is 22.0 Å². The van der Waals surface area contributed by atoms with Gasteiger partial charge in [0.05, 0.1) is 6.54 Å². The van der Waals surface area contributed by atoms with Crippen molar-refractivity contribution >= 4 is 15.9 Å². The summed E-state index contributed by atoms with van der Waals surface area (Å²) in [6.07, 6.45) is 3.56. The summed E-state index contributed by atoms with van der Waals surface area (Å²) in [6.45, 7) is 2.42. The van der Waals surface area contributed by atoms with Crippen LogP contribution in [0.5, 0.6) is 0 Å². The number of aromatic nitrogens is 2. The molecule has 2 rings (SSSR count). The summed E-state index contributed by atoms with van der Waals surface area (Å²) in [5.41, 5.74) is 0.666. The van der Waals surface area contributed by atoms with Crippen LogP contribution in [0.4, 0.5) is 4.39 Å². The van der Waals surface area contributed by atoms with Gasteiger partial charge in [0.1, 0.15) is 11.6 Å². The molecule has 0 spiro atoms. The largest absolute Gasteiger partial charge is 0.331 e. The number of imidazole rings is 1. The van der Waals surface area contributed by atoms with Crippen LogP contribution in [-0.2, 0) is 6.54 Å². The summed E-state index contributed by atoms with van der Waals surface area (Å²) in [4.78, 5) is 4.09. The van der Waals surface area contributed by atoms with Crippen molar-refractivity contribution in [1.29, 1.82) is 0 Å². The van der Waals surface area contributed by atoms with E-state index in [2.05, 4.69) is 20.9 Å². The van der Waals surface area contributed by atoms with Crippen molar-refractivity contribution in [3.8, 4) is 0 Å². The van der Waals surface area contributed by atoms with Crippen molar-refractivity contribution in [1.82, 2.24) is 9.55 Å². The molecule has 1 aromatic heterocycles. The van der Waals surface area contributed by atoms with Gasteiger partial charge in [-0.25, -0.2) is 9.37 Å². The fraction of sp³-hybridized carbons (Fsp3) is 0.182. The molecular formula is C11H10BrFN2. The number of benzene rings is 1. The Kier molecular flexibility index (Phi) is 2.86. The van der Waals surface area contributed by atoms with Gasteiger partial charge in [0.25, 0.3) is 0 Å². The Labute approximate surface area is 95.9 Å². The number of nitrogens with zero attached hydrogens (tertiary/aromatic N) is 2. The normalized spacial score (nSPS) is 10.6. The maximum Gasteiger partial charge on any atom is 0.129 e. The minimum absolute atomic E-state index is 0.197. The molecule has 0 amide bonds. The van der Waals surface area contributed by atoms with Crippen LogP contribution in [0.1, 0.15) is 11.4 Å². The Bertz CT molecular complexity index is 479. The van der Waals surface area contributed by atoms with Crippen molar-refractivity contribution in [2.24, 2.45) is 0 Å². The summed E-state index contributed by atoms with van der Waals surface area (Å²) in [6, 6.07) is 5.09. The molecule has 4 heteroatoms. The van der Waals surface area contributed by atoms with Crippen LogP contribution in [-0.4, -0.2) is 9.55 Å². The number of hydrogen-bond acceptors (Lipinski definition) is 1. The zero-order valence-electron chi connectivity index (χ0n) is 8.24. The van der Waals surface area contributed by atoms with Crippen LogP contribution >= 0.6 is 15.9 Å². The highest BCUT2D eigenvalue weighted by Crippen LogP contribution is 2.16. The molecule has 0 unspecified atom stereocenters. The van der Waals surface area contributed by atoms with E-state index in [1.165, 1.54) is 6.07 Å². The summed E-state index contributed by atoms with van der Waals surface area (Å²) in [5.74, 6) is 0.690. The zero-order valence-corrected chi connectivity index (χ0v) is 9.83. The van der Waals surface area contributed by atoms with E-state index in [-0.39, 0.29) is 5.82 Å². The number of rotatable bonds is 2. The Morgan fingerprint density at radius 3 is 2.87 bits per heavy atom. The quantitative estimate of drug-likeness (QED) is 0.819. The van der Waals surface area contributed by atoms with Crippen molar-refractivity contribution in [2.75, 3.05) is 0 Å². The third-order valence-corrected chi connectivity index (χ3v) is 2.77. The summed E-state index contributed by atoms with van der Waals surface area (Å²) >= 11 is 3.23. The summed E-state index contributed by atoms with van der Waals surface area (Å²) < 4.78 is 16.2. The molecule has 0 saturated heterocycles. The van der Waals surface area contributed by atoms with Crippen LogP contribution < -0.4 is 0 Å². The highest BCUT2D eigenvalue weighted by Gasteiger charge is 2.04. The minimum Gasteiger partial charge on any atom is -0.331 e. The monoisotopic (exact) mass is 268 g/mol. The third-order valence-electron chi connectivity index (χ3n) is 2.28. The van der Waals surface area contributed by atoms with Gasteiger partial charge < -0.3 is 4.57 Å². The second kappa shape index (κ2) is 4.14. The van der Waals surface area contributed by atoms with E-state index < -0.39 is 0 Å². The SMILES string of the molecule is Cc1nccn1Cc1ccc(Br)cc1F. The van der Waals surface area contributed by atoms with Crippen LogP contribution in [0.2, 0.25) is 0 Å². The van der Waals surface area contributed by atoms with Gasteiger partial charge in [0.2, 0.25) is 0 Å². The molecule has 0 N–H and O–H groups in total. The van der Waals surface area contributed by atoms with Gasteiger partial charge in [0, 0.05) is 22.4 Å². The molecule has 0 aliphatic rings. The van der Waals surface area contributed by atoms with Gasteiger partial charge in [-0.15, -0.1) is 0 Å². The number of halogens is 2. The van der Waals surface area contributed by atoms with E-state index in [0.717, 1.165) is 10.3 Å². The van der Waals surface area contributed by atoms with Crippen molar-refractivity contribution in [3.05, 3.63) is 52.3 Å². The summed E-state index contributed by atoms with van der Waals surface area (Å²) in [5, 5.41) is 0. The maximum atomic E-state index is 13.5. The van der Waals surface area contributed by atoms with E-state index >= 15 is 0 Å². The van der Waals surface area contributed by atoms with E-state index in [1.807, 2.05) is 23.8 Å². The van der Waals surface area contributed by atoms with Crippen LogP contribution in [0.25, 0.3) is 0 Å². The molecule has 0 aliphatic heterocycles. The van der Waals surface area contributed by atoms with Crippen molar-refractivity contribution < 1.29 is 4.39 Å². The van der Waals surface area contributed by atoms with Crippen LogP contribution in [0, 0.1) is 12.7 Å². The van der Waals surface area contributed by atoms with Gasteiger partial charge >= 0.3 is 0 Å². The predicted molar refractivity (Wildman–Crippen MR) is 60.2 cm³/mol. The van der Waals surface area contributed by atoms with E-state index in [1.54, 1.807) is 12.3 Å². The van der Waals surface area contributed by atoms with Crippen molar-refractivity contribution in [3.63, 3.8) is 0 Å². The summed E-state index contributed by atoms with van der Waals surface area (Å²) in [7, 11) is 0. The van der Waals surface area contributed by atoms with Gasteiger partial charge in [-0.3, -0.25) is 0 Å². The lowest BCUT2D eigenvalue weighted by Gasteiger charge is -2.06. The lowest BCUT2D eigenvalue weighted by atomic mass is 10.2. The molecule has 0 fully saturated rings. The van der Waals surface area contributed by atoms with E-state index in [4.69, 9.17) is 0 Å². The average Bonchev–Trinajstić information content (AvgIpc) is 2.57. The topological polar surface area (TPSA) is 17.8 Å². The van der Waals surface area contributed by atoms with Crippen LogP contribution in [0.15, 0.2) is 35.1 Å². The van der Waals surface area contributed by atoms with E-state index in [0.29, 0.717) is 12.1 Å². The minimum atomic E-state index is -0.197. The maximum absolute atomic E-state index is 13.5. The number of aryl methyl sites for hydroxylation is 1. The van der Waals surface area contributed by atoms with Gasteiger partial charge in [-0.2, -0.15) is 0 Å². The molecule has 0 atom stereocenters. The first kappa shape index (κ1) is 10.4. The predicted octanol–water partition coefficient (Wildman–Crippen LogP) is 3.14. The Balaban J connectivity index is 2.29. The molecule has 0 bridgehead atoms. The van der Waals surface area contributed by atoms with Crippen LogP contribution in [0.3, 0.4) is 0 Å². The average molecular weight is 269 g/mol. The molecule has 15 heavy (non-hydrogen) atoms. The van der Waals surface area contributed by atoms with Crippen molar-refractivity contribution in [2.45, 2.75) is 13.5 Å². The highest BCUT2D eigenvalue weighted by molar-refractivity contribution is 9.10. The Hall–Kier alpha value is -1.16. The molecule has 2 aromatic rings. The smallest absolute Gasteiger partial charge is 0.129 e. The second-order valence-corrected chi connectivity index (χ2v) is 4.25. The lowest BCUT2D eigenvalue weighted by molar-refractivity contribution is 0.596. The first-order chi connectivity index (χ1) is 7.16. The highest BCUT2D eigenvalue weighted by atomic mass is 79.9. The first-order valence-electron chi connectivity index (χ1n) is 4.58. The Morgan fingerprint density at radius 1 is 1.47 bits per heavy atom. The molecule has 0 aliphatic carbocycles. The first-order valence-corrected chi connectivity index (χ1v) is 5.38.